The lowest BCUT2D eigenvalue weighted by Crippen LogP contribution is -2.04. The molecule has 0 saturated carbocycles. The van der Waals surface area contributed by atoms with Crippen molar-refractivity contribution in [2.24, 2.45) is 0 Å². The smallest absolute Gasteiger partial charge is 0.209 e. The van der Waals surface area contributed by atoms with E-state index in [-0.39, 0.29) is 14.8 Å². The molecule has 0 unspecified atom stereocenters. The van der Waals surface area contributed by atoms with Crippen LogP contribution >= 0.6 is 11.6 Å². The van der Waals surface area contributed by atoms with Gasteiger partial charge in [-0.05, 0) is 36.4 Å². The molecule has 0 aliphatic heterocycles. The van der Waals surface area contributed by atoms with Crippen molar-refractivity contribution in [3.8, 4) is 5.75 Å². The molecule has 0 saturated heterocycles. The second-order valence-corrected chi connectivity index (χ2v) is 7.08. The maximum atomic E-state index is 13.3. The lowest BCUT2D eigenvalue weighted by molar-refractivity contribution is 0.415. The molecule has 0 fully saturated rings. The predicted octanol–water partition coefficient (Wildman–Crippen LogP) is 3.87. The first-order valence-electron chi connectivity index (χ1n) is 6.56. The highest BCUT2D eigenvalue weighted by atomic mass is 35.5. The van der Waals surface area contributed by atoms with Gasteiger partial charge >= 0.3 is 0 Å². The molecule has 1 heterocycles. The van der Waals surface area contributed by atoms with E-state index in [0.29, 0.717) is 16.7 Å². The Bertz CT molecular complexity index is 1010. The number of pyridine rings is 1. The molecule has 0 atom stereocenters. The third-order valence-electron chi connectivity index (χ3n) is 3.37. The second-order valence-electron chi connectivity index (χ2n) is 4.78. The molecular weight excluding hydrogens is 341 g/mol. The van der Waals surface area contributed by atoms with Gasteiger partial charge in [-0.2, -0.15) is 0 Å². The first kappa shape index (κ1) is 15.7. The van der Waals surface area contributed by atoms with Crippen LogP contribution in [-0.4, -0.2) is 20.5 Å². The summed E-state index contributed by atoms with van der Waals surface area (Å²) in [7, 11) is -2.48. The number of halogens is 2. The average Bonchev–Trinajstić information content (AvgIpc) is 2.54. The highest BCUT2D eigenvalue weighted by Crippen LogP contribution is 2.34. The molecule has 0 aliphatic carbocycles. The van der Waals surface area contributed by atoms with Crippen molar-refractivity contribution in [3.05, 3.63) is 59.5 Å². The third kappa shape index (κ3) is 2.75. The predicted molar refractivity (Wildman–Crippen MR) is 85.2 cm³/mol. The van der Waals surface area contributed by atoms with Crippen LogP contribution in [0.4, 0.5) is 4.39 Å². The van der Waals surface area contributed by atoms with Gasteiger partial charge in [0, 0.05) is 11.6 Å². The minimum atomic E-state index is -3.98. The Hall–Kier alpha value is -2.18. The quantitative estimate of drug-likeness (QED) is 0.718. The summed E-state index contributed by atoms with van der Waals surface area (Å²) in [5.74, 6) is -0.112. The van der Waals surface area contributed by atoms with E-state index in [0.717, 1.165) is 6.07 Å². The molecule has 1 aromatic heterocycles. The number of fused-ring (bicyclic) bond motifs is 1. The number of ether oxygens (including phenoxy) is 1. The highest BCUT2D eigenvalue weighted by molar-refractivity contribution is 7.91. The number of nitrogens with zero attached hydrogens (tertiary/aromatic N) is 1. The molecular formula is C16H11ClFNO3S. The summed E-state index contributed by atoms with van der Waals surface area (Å²) < 4.78 is 43.8. The molecule has 0 spiro atoms. The largest absolute Gasteiger partial charge is 0.497 e. The van der Waals surface area contributed by atoms with E-state index in [1.807, 2.05) is 0 Å². The summed E-state index contributed by atoms with van der Waals surface area (Å²) in [6.07, 6.45) is 1.18. The SMILES string of the molecule is COc1ccc2ncc(S(=O)(=O)c3cccc(F)c3)c(Cl)c2c1. The highest BCUT2D eigenvalue weighted by Gasteiger charge is 2.23. The summed E-state index contributed by atoms with van der Waals surface area (Å²) in [4.78, 5) is 3.77. The average molecular weight is 352 g/mol. The van der Waals surface area contributed by atoms with Gasteiger partial charge in [0.2, 0.25) is 9.84 Å². The first-order valence-corrected chi connectivity index (χ1v) is 8.42. The normalized spacial score (nSPS) is 11.6. The Morgan fingerprint density at radius 1 is 1.17 bits per heavy atom. The van der Waals surface area contributed by atoms with Crippen LogP contribution in [0.15, 0.2) is 58.5 Å². The van der Waals surface area contributed by atoms with Crippen molar-refractivity contribution in [1.29, 1.82) is 0 Å². The Balaban J connectivity index is 2.25. The van der Waals surface area contributed by atoms with Gasteiger partial charge in [0.1, 0.15) is 16.5 Å². The fourth-order valence-corrected chi connectivity index (χ4v) is 4.02. The minimum Gasteiger partial charge on any atom is -0.497 e. The van der Waals surface area contributed by atoms with E-state index < -0.39 is 15.7 Å². The van der Waals surface area contributed by atoms with Crippen LogP contribution in [0.1, 0.15) is 0 Å². The van der Waals surface area contributed by atoms with Crippen molar-refractivity contribution in [2.45, 2.75) is 9.79 Å². The molecule has 0 amide bonds. The number of aromatic nitrogens is 1. The standard InChI is InChI=1S/C16H11ClFNO3S/c1-22-11-5-6-14-13(8-11)16(17)15(9-19-14)23(20,21)12-4-2-3-10(18)7-12/h2-9H,1H3. The van der Waals surface area contributed by atoms with Gasteiger partial charge in [-0.25, -0.2) is 12.8 Å². The lowest BCUT2D eigenvalue weighted by atomic mass is 10.2. The van der Waals surface area contributed by atoms with E-state index in [1.54, 1.807) is 18.2 Å². The second kappa shape index (κ2) is 5.79. The van der Waals surface area contributed by atoms with Gasteiger partial charge in [-0.3, -0.25) is 4.98 Å². The van der Waals surface area contributed by atoms with Crippen LogP contribution in [0.25, 0.3) is 10.9 Å². The van der Waals surface area contributed by atoms with E-state index in [2.05, 4.69) is 4.98 Å². The van der Waals surface area contributed by atoms with Gasteiger partial charge in [0.15, 0.2) is 0 Å². The van der Waals surface area contributed by atoms with Crippen molar-refractivity contribution in [3.63, 3.8) is 0 Å². The van der Waals surface area contributed by atoms with E-state index in [9.17, 15) is 12.8 Å². The van der Waals surface area contributed by atoms with E-state index in [1.165, 1.54) is 31.5 Å². The number of benzene rings is 2. The molecule has 118 valence electrons. The Morgan fingerprint density at radius 3 is 2.65 bits per heavy atom. The summed E-state index contributed by atoms with van der Waals surface area (Å²) in [6, 6.07) is 9.74. The minimum absolute atomic E-state index is 0.0261. The van der Waals surface area contributed by atoms with Gasteiger partial charge in [0.25, 0.3) is 0 Å². The number of hydrogen-bond donors (Lipinski definition) is 0. The maximum Gasteiger partial charge on any atom is 0.209 e. The molecule has 23 heavy (non-hydrogen) atoms. The number of rotatable bonds is 3. The van der Waals surface area contributed by atoms with Crippen molar-refractivity contribution in [1.82, 2.24) is 4.98 Å². The van der Waals surface area contributed by atoms with Crippen LogP contribution in [0.2, 0.25) is 5.02 Å². The van der Waals surface area contributed by atoms with Crippen LogP contribution < -0.4 is 4.74 Å². The summed E-state index contributed by atoms with van der Waals surface area (Å²) >= 11 is 6.28. The zero-order valence-electron chi connectivity index (χ0n) is 12.0. The maximum absolute atomic E-state index is 13.3. The van der Waals surface area contributed by atoms with Crippen LogP contribution in [0.3, 0.4) is 0 Å². The molecule has 0 N–H and O–H groups in total. The van der Waals surface area contributed by atoms with Gasteiger partial charge in [-0.1, -0.05) is 17.7 Å². The van der Waals surface area contributed by atoms with Crippen LogP contribution in [0.5, 0.6) is 5.75 Å². The van der Waals surface area contributed by atoms with Crippen molar-refractivity contribution < 1.29 is 17.5 Å². The number of hydrogen-bond acceptors (Lipinski definition) is 4. The first-order chi connectivity index (χ1) is 10.9. The summed E-state index contributed by atoms with van der Waals surface area (Å²) in [5, 5.41) is 0.474. The molecule has 0 bridgehead atoms. The van der Waals surface area contributed by atoms with Gasteiger partial charge in [-0.15, -0.1) is 0 Å². The van der Waals surface area contributed by atoms with E-state index >= 15 is 0 Å². The molecule has 7 heteroatoms. The summed E-state index contributed by atoms with van der Waals surface area (Å²) in [6.45, 7) is 0. The molecule has 0 radical (unpaired) electrons. The number of sulfone groups is 1. The lowest BCUT2D eigenvalue weighted by Gasteiger charge is -2.09. The van der Waals surface area contributed by atoms with Crippen LogP contribution in [0, 0.1) is 5.82 Å². The van der Waals surface area contributed by atoms with Crippen molar-refractivity contribution >= 4 is 32.3 Å². The van der Waals surface area contributed by atoms with Crippen molar-refractivity contribution in [2.75, 3.05) is 7.11 Å². The Morgan fingerprint density at radius 2 is 1.96 bits per heavy atom. The zero-order chi connectivity index (χ0) is 16.6. The topological polar surface area (TPSA) is 56.3 Å². The molecule has 4 nitrogen and oxygen atoms in total. The van der Waals surface area contributed by atoms with Gasteiger partial charge in [0.05, 0.1) is 22.5 Å². The third-order valence-corrected chi connectivity index (χ3v) is 5.66. The molecule has 0 aliphatic rings. The fourth-order valence-electron chi connectivity index (χ4n) is 2.20. The number of methoxy groups -OCH3 is 1. The Labute approximate surface area is 137 Å². The van der Waals surface area contributed by atoms with Crippen LogP contribution in [-0.2, 0) is 9.84 Å². The molecule has 3 aromatic rings. The zero-order valence-corrected chi connectivity index (χ0v) is 13.5. The Kier molecular flexibility index (Phi) is 3.95. The monoisotopic (exact) mass is 351 g/mol. The fraction of sp³-hybridized carbons (Fsp3) is 0.0625. The summed E-state index contributed by atoms with van der Waals surface area (Å²) in [5.41, 5.74) is 0.536. The molecule has 3 rings (SSSR count). The molecule has 2 aromatic carbocycles. The van der Waals surface area contributed by atoms with E-state index in [4.69, 9.17) is 16.3 Å². The van der Waals surface area contributed by atoms with Gasteiger partial charge < -0.3 is 4.74 Å².